The van der Waals surface area contributed by atoms with Crippen LogP contribution in [0.2, 0.25) is 0 Å². The number of sulfonamides is 1. The van der Waals surface area contributed by atoms with E-state index in [0.717, 1.165) is 16.7 Å². The molecule has 0 aromatic heterocycles. The molecule has 0 N–H and O–H groups in total. The van der Waals surface area contributed by atoms with E-state index in [-0.39, 0.29) is 10.9 Å². The molecule has 0 amide bonds. The van der Waals surface area contributed by atoms with Crippen LogP contribution in [0.25, 0.3) is 0 Å². The fourth-order valence-corrected chi connectivity index (χ4v) is 6.83. The van der Waals surface area contributed by atoms with Gasteiger partial charge in [-0.25, -0.2) is 0 Å². The zero-order chi connectivity index (χ0) is 32.5. The van der Waals surface area contributed by atoms with Crippen LogP contribution in [0.3, 0.4) is 0 Å². The van der Waals surface area contributed by atoms with Gasteiger partial charge in [0.1, 0.15) is 5.84 Å². The van der Waals surface area contributed by atoms with Crippen molar-refractivity contribution in [2.24, 2.45) is 4.40 Å². The molecule has 0 fully saturated rings. The van der Waals surface area contributed by atoms with Crippen molar-refractivity contribution in [2.45, 2.75) is 51.5 Å². The Bertz CT molecular complexity index is 1740. The first-order chi connectivity index (χ1) is 22.4. The Labute approximate surface area is 272 Å². The summed E-state index contributed by atoms with van der Waals surface area (Å²) in [6.45, 7) is 10.4. The molecular formula is C37H42N2O6S. The topological polar surface area (TPSA) is 86.7 Å². The third-order valence-electron chi connectivity index (χ3n) is 7.75. The number of hydrogen-bond donors (Lipinski definition) is 0. The van der Waals surface area contributed by atoms with Crippen LogP contribution in [0.15, 0.2) is 100 Å². The minimum absolute atomic E-state index is 0.144. The standard InChI is InChI=1S/C37H42N2O6S/c1-5-42-33-20-19-27(24-34(33)43-6-2)23-32-31-26-36(45-8-4)35(44-7-3)25-29(31)21-22-39(32)37(28-15-11-9-12-16-28)38-46(40,41)30-17-13-10-14-18-30/h9-20,24-26,32H,5-8,21-23H2,1-4H3/b38-37+. The van der Waals surface area contributed by atoms with Gasteiger partial charge in [-0.1, -0.05) is 54.6 Å². The largest absolute Gasteiger partial charge is 0.490 e. The lowest BCUT2D eigenvalue weighted by atomic mass is 9.87. The Morgan fingerprint density at radius 3 is 1.91 bits per heavy atom. The van der Waals surface area contributed by atoms with Gasteiger partial charge in [-0.15, -0.1) is 4.40 Å². The first-order valence-corrected chi connectivity index (χ1v) is 17.3. The number of ether oxygens (including phenoxy) is 4. The Balaban J connectivity index is 1.69. The number of rotatable bonds is 13. The van der Waals surface area contributed by atoms with Crippen molar-refractivity contribution in [3.8, 4) is 23.0 Å². The maximum atomic E-state index is 13.8. The molecule has 46 heavy (non-hydrogen) atoms. The SMILES string of the molecule is CCOc1ccc(CC2c3cc(OCC)c(OCC)cc3CCN2/C(=N/S(=O)(=O)c2ccccc2)c2ccccc2)cc1OCC. The first kappa shape index (κ1) is 32.9. The molecule has 0 bridgehead atoms. The number of nitrogens with zero attached hydrogens (tertiary/aromatic N) is 2. The fourth-order valence-electron chi connectivity index (χ4n) is 5.78. The molecule has 0 spiro atoms. The highest BCUT2D eigenvalue weighted by atomic mass is 32.2. The van der Waals surface area contributed by atoms with E-state index in [0.29, 0.717) is 80.2 Å². The van der Waals surface area contributed by atoms with Crippen molar-refractivity contribution in [1.82, 2.24) is 4.90 Å². The molecule has 9 heteroatoms. The Morgan fingerprint density at radius 1 is 0.717 bits per heavy atom. The molecule has 0 radical (unpaired) electrons. The van der Waals surface area contributed by atoms with Gasteiger partial charge in [0.05, 0.1) is 37.4 Å². The van der Waals surface area contributed by atoms with E-state index in [4.69, 9.17) is 18.9 Å². The van der Waals surface area contributed by atoms with E-state index >= 15 is 0 Å². The van der Waals surface area contributed by atoms with Gasteiger partial charge in [0, 0.05) is 12.1 Å². The predicted molar refractivity (Wildman–Crippen MR) is 181 cm³/mol. The summed E-state index contributed by atoms with van der Waals surface area (Å²) >= 11 is 0. The third-order valence-corrected chi connectivity index (χ3v) is 9.03. The monoisotopic (exact) mass is 642 g/mol. The average Bonchev–Trinajstić information content (AvgIpc) is 3.07. The summed E-state index contributed by atoms with van der Waals surface area (Å²) in [4.78, 5) is 2.26. The van der Waals surface area contributed by atoms with Crippen molar-refractivity contribution in [3.05, 3.63) is 113 Å². The fraction of sp³-hybridized carbons (Fsp3) is 0.324. The summed E-state index contributed by atoms with van der Waals surface area (Å²) in [5, 5.41) is 0. The summed E-state index contributed by atoms with van der Waals surface area (Å²) in [5.74, 6) is 3.12. The number of fused-ring (bicyclic) bond motifs is 1. The van der Waals surface area contributed by atoms with Crippen molar-refractivity contribution < 1.29 is 27.4 Å². The lowest BCUT2D eigenvalue weighted by Gasteiger charge is -2.40. The van der Waals surface area contributed by atoms with Crippen molar-refractivity contribution in [1.29, 1.82) is 0 Å². The van der Waals surface area contributed by atoms with Crippen LogP contribution >= 0.6 is 0 Å². The van der Waals surface area contributed by atoms with Gasteiger partial charge in [0.15, 0.2) is 23.0 Å². The second kappa shape index (κ2) is 15.2. The minimum Gasteiger partial charge on any atom is -0.490 e. The van der Waals surface area contributed by atoms with Crippen LogP contribution in [0.1, 0.15) is 56.0 Å². The van der Waals surface area contributed by atoms with E-state index < -0.39 is 10.0 Å². The molecule has 1 aliphatic rings. The maximum absolute atomic E-state index is 13.8. The van der Waals surface area contributed by atoms with Crippen molar-refractivity contribution in [2.75, 3.05) is 33.0 Å². The molecule has 4 aromatic carbocycles. The van der Waals surface area contributed by atoms with Gasteiger partial charge >= 0.3 is 0 Å². The van der Waals surface area contributed by atoms with Gasteiger partial charge in [-0.05, 0) is 93.6 Å². The second-order valence-corrected chi connectivity index (χ2v) is 12.3. The highest BCUT2D eigenvalue weighted by molar-refractivity contribution is 7.90. The highest BCUT2D eigenvalue weighted by Crippen LogP contribution is 2.41. The lowest BCUT2D eigenvalue weighted by Crippen LogP contribution is -2.42. The van der Waals surface area contributed by atoms with E-state index in [1.165, 1.54) is 0 Å². The zero-order valence-corrected chi connectivity index (χ0v) is 27.8. The van der Waals surface area contributed by atoms with Gasteiger partial charge in [-0.3, -0.25) is 0 Å². The van der Waals surface area contributed by atoms with Gasteiger partial charge in [0.25, 0.3) is 10.0 Å². The Hall–Kier alpha value is -4.50. The number of hydrogen-bond acceptors (Lipinski definition) is 6. The molecule has 242 valence electrons. The zero-order valence-electron chi connectivity index (χ0n) is 26.9. The molecular weight excluding hydrogens is 600 g/mol. The second-order valence-electron chi connectivity index (χ2n) is 10.7. The minimum atomic E-state index is -4.02. The maximum Gasteiger partial charge on any atom is 0.284 e. The van der Waals surface area contributed by atoms with Crippen LogP contribution in [0.4, 0.5) is 0 Å². The third kappa shape index (κ3) is 7.48. The van der Waals surface area contributed by atoms with Gasteiger partial charge in [0.2, 0.25) is 0 Å². The van der Waals surface area contributed by atoms with Crippen LogP contribution in [-0.2, 0) is 22.9 Å². The van der Waals surface area contributed by atoms with Crippen LogP contribution < -0.4 is 18.9 Å². The smallest absolute Gasteiger partial charge is 0.284 e. The van der Waals surface area contributed by atoms with Gasteiger partial charge in [-0.2, -0.15) is 8.42 Å². The molecule has 1 aliphatic heterocycles. The Morgan fingerprint density at radius 2 is 1.28 bits per heavy atom. The quantitative estimate of drug-likeness (QED) is 0.112. The Kier molecular flexibility index (Phi) is 10.9. The highest BCUT2D eigenvalue weighted by Gasteiger charge is 2.33. The van der Waals surface area contributed by atoms with E-state index in [1.807, 2.05) is 82.3 Å². The normalized spacial score (nSPS) is 14.8. The first-order valence-electron chi connectivity index (χ1n) is 15.9. The van der Waals surface area contributed by atoms with Crippen LogP contribution in [-0.4, -0.2) is 52.1 Å². The number of benzene rings is 4. The molecule has 1 heterocycles. The van der Waals surface area contributed by atoms with Crippen LogP contribution in [0.5, 0.6) is 23.0 Å². The summed E-state index contributed by atoms with van der Waals surface area (Å²) in [6, 6.07) is 27.7. The predicted octanol–water partition coefficient (Wildman–Crippen LogP) is 7.26. The van der Waals surface area contributed by atoms with E-state index in [9.17, 15) is 8.42 Å². The molecule has 0 saturated carbocycles. The van der Waals surface area contributed by atoms with Crippen molar-refractivity contribution >= 4 is 15.9 Å². The lowest BCUT2D eigenvalue weighted by molar-refractivity contribution is 0.275. The van der Waals surface area contributed by atoms with Gasteiger partial charge < -0.3 is 23.8 Å². The van der Waals surface area contributed by atoms with E-state index in [2.05, 4.69) is 15.4 Å². The molecule has 0 aliphatic carbocycles. The molecule has 8 nitrogen and oxygen atoms in total. The summed E-state index contributed by atoms with van der Waals surface area (Å²) in [6.07, 6.45) is 1.22. The molecule has 1 unspecified atom stereocenters. The molecule has 5 rings (SSSR count). The average molecular weight is 643 g/mol. The van der Waals surface area contributed by atoms with Crippen LogP contribution in [0, 0.1) is 0 Å². The molecule has 0 saturated heterocycles. The van der Waals surface area contributed by atoms with Crippen molar-refractivity contribution in [3.63, 3.8) is 0 Å². The number of amidine groups is 1. The molecule has 1 atom stereocenters. The molecule has 4 aromatic rings. The summed E-state index contributed by atoms with van der Waals surface area (Å²) in [7, 11) is -4.02. The van der Waals surface area contributed by atoms with E-state index in [1.54, 1.807) is 30.3 Å². The summed E-state index contributed by atoms with van der Waals surface area (Å²) in [5.41, 5.74) is 3.89. The summed E-state index contributed by atoms with van der Waals surface area (Å²) < 4.78 is 55.9.